The number of hydrogen-bond donors (Lipinski definition) is 0. The Morgan fingerprint density at radius 1 is 0.857 bits per heavy atom. The lowest BCUT2D eigenvalue weighted by Crippen LogP contribution is -2.35. The first-order valence-electron chi connectivity index (χ1n) is 12.1. The standard InChI is InChI=1S/C28H28N2O2S2.ClH/c1-19-8-10-20(11-9-19)24-18-25(29-28-27(24)23-6-5-7-26(23)33-28)21-12-14-22(15-13-21)34(31,32)30-16-3-2-4-17-30;/h8-15,18H,2-7,16-17H2,1H3;1H. The molecule has 0 saturated carbocycles. The zero-order valence-corrected chi connectivity index (χ0v) is 22.2. The summed E-state index contributed by atoms with van der Waals surface area (Å²) in [5.74, 6) is 0. The molecular weight excluding hydrogens is 496 g/mol. The van der Waals surface area contributed by atoms with Gasteiger partial charge in [0.2, 0.25) is 10.0 Å². The summed E-state index contributed by atoms with van der Waals surface area (Å²) >= 11 is 1.82. The first-order valence-corrected chi connectivity index (χ1v) is 14.4. The lowest BCUT2D eigenvalue weighted by atomic mass is 9.97. The fraction of sp³-hybridized carbons (Fsp3) is 0.321. The molecule has 0 N–H and O–H groups in total. The van der Waals surface area contributed by atoms with E-state index >= 15 is 0 Å². The third kappa shape index (κ3) is 4.42. The summed E-state index contributed by atoms with van der Waals surface area (Å²) in [6, 6.07) is 18.2. The molecule has 4 nitrogen and oxygen atoms in total. The number of sulfonamides is 1. The van der Waals surface area contributed by atoms with Crippen molar-refractivity contribution >= 4 is 44.0 Å². The van der Waals surface area contributed by atoms with Crippen LogP contribution in [0.15, 0.2) is 59.5 Å². The van der Waals surface area contributed by atoms with E-state index in [4.69, 9.17) is 4.98 Å². The van der Waals surface area contributed by atoms with Crippen molar-refractivity contribution in [1.82, 2.24) is 9.29 Å². The highest BCUT2D eigenvalue weighted by molar-refractivity contribution is 7.89. The third-order valence-corrected chi connectivity index (χ3v) is 10.2. The summed E-state index contributed by atoms with van der Waals surface area (Å²) in [5.41, 5.74) is 6.99. The summed E-state index contributed by atoms with van der Waals surface area (Å²) < 4.78 is 27.8. The molecule has 7 heteroatoms. The molecule has 2 aromatic carbocycles. The van der Waals surface area contributed by atoms with Crippen molar-refractivity contribution in [1.29, 1.82) is 0 Å². The molecule has 1 aliphatic heterocycles. The molecule has 35 heavy (non-hydrogen) atoms. The quantitative estimate of drug-likeness (QED) is 0.288. The number of piperidine rings is 1. The fourth-order valence-corrected chi connectivity index (χ4v) is 8.06. The minimum atomic E-state index is -3.43. The van der Waals surface area contributed by atoms with E-state index in [1.807, 2.05) is 23.5 Å². The van der Waals surface area contributed by atoms with E-state index in [2.05, 4.69) is 37.3 Å². The molecule has 6 rings (SSSR count). The predicted octanol–water partition coefficient (Wildman–Crippen LogP) is 7.02. The highest BCUT2D eigenvalue weighted by Gasteiger charge is 2.26. The number of fused-ring (bicyclic) bond motifs is 3. The number of thiophene rings is 1. The molecule has 0 radical (unpaired) electrons. The van der Waals surface area contributed by atoms with Gasteiger partial charge in [0.15, 0.2) is 0 Å². The van der Waals surface area contributed by atoms with Crippen LogP contribution < -0.4 is 0 Å². The second-order valence-corrected chi connectivity index (χ2v) is 12.5. The molecule has 4 aromatic rings. The number of hydrogen-bond acceptors (Lipinski definition) is 4. The van der Waals surface area contributed by atoms with Crippen LogP contribution in [0.1, 0.15) is 41.7 Å². The van der Waals surface area contributed by atoms with E-state index in [0.717, 1.165) is 48.2 Å². The van der Waals surface area contributed by atoms with E-state index in [1.165, 1.54) is 38.9 Å². The molecule has 1 fully saturated rings. The summed E-state index contributed by atoms with van der Waals surface area (Å²) in [4.78, 5) is 7.98. The molecule has 1 aliphatic carbocycles. The fourth-order valence-electron chi connectivity index (χ4n) is 5.26. The van der Waals surface area contributed by atoms with Crippen LogP contribution in [0.5, 0.6) is 0 Å². The van der Waals surface area contributed by atoms with Gasteiger partial charge in [0.25, 0.3) is 0 Å². The zero-order valence-electron chi connectivity index (χ0n) is 19.8. The van der Waals surface area contributed by atoms with Crippen molar-refractivity contribution < 1.29 is 8.42 Å². The molecule has 0 unspecified atom stereocenters. The van der Waals surface area contributed by atoms with Gasteiger partial charge in [-0.2, -0.15) is 4.31 Å². The molecule has 2 aliphatic rings. The van der Waals surface area contributed by atoms with Crippen LogP contribution in [0.25, 0.3) is 32.6 Å². The zero-order chi connectivity index (χ0) is 23.3. The second kappa shape index (κ2) is 9.66. The minimum Gasteiger partial charge on any atom is -0.237 e. The van der Waals surface area contributed by atoms with Gasteiger partial charge in [-0.15, -0.1) is 23.7 Å². The number of halogens is 1. The summed E-state index contributed by atoms with van der Waals surface area (Å²) in [6.45, 7) is 3.34. The SMILES string of the molecule is Cc1ccc(-c2cc(-c3ccc(S(=O)(=O)N4CCCCC4)cc3)nc3sc4c(c23)CCC4)cc1.Cl. The maximum absolute atomic E-state index is 13.1. The van der Waals surface area contributed by atoms with Crippen molar-refractivity contribution in [2.75, 3.05) is 13.1 Å². The monoisotopic (exact) mass is 524 g/mol. The van der Waals surface area contributed by atoms with Crippen molar-refractivity contribution in [2.24, 2.45) is 0 Å². The van der Waals surface area contributed by atoms with Gasteiger partial charge < -0.3 is 0 Å². The normalized spacial score (nSPS) is 16.3. The average Bonchev–Trinajstić information content (AvgIpc) is 3.46. The Balaban J connectivity index is 0.00000253. The number of rotatable bonds is 4. The Morgan fingerprint density at radius 2 is 1.54 bits per heavy atom. The maximum atomic E-state index is 13.1. The smallest absolute Gasteiger partial charge is 0.237 e. The lowest BCUT2D eigenvalue weighted by Gasteiger charge is -2.25. The topological polar surface area (TPSA) is 50.3 Å². The van der Waals surface area contributed by atoms with E-state index in [1.54, 1.807) is 16.4 Å². The predicted molar refractivity (Wildman–Crippen MR) is 147 cm³/mol. The van der Waals surface area contributed by atoms with Crippen molar-refractivity contribution in [3.05, 3.63) is 70.6 Å². The number of pyridine rings is 1. The third-order valence-electron chi connectivity index (χ3n) is 7.14. The van der Waals surface area contributed by atoms with Crippen LogP contribution in [-0.2, 0) is 22.9 Å². The Kier molecular flexibility index (Phi) is 6.75. The van der Waals surface area contributed by atoms with Gasteiger partial charge in [0.1, 0.15) is 4.83 Å². The van der Waals surface area contributed by atoms with Crippen LogP contribution in [0.3, 0.4) is 0 Å². The van der Waals surface area contributed by atoms with Gasteiger partial charge in [-0.25, -0.2) is 13.4 Å². The van der Waals surface area contributed by atoms with Crippen LogP contribution >= 0.6 is 23.7 Å². The van der Waals surface area contributed by atoms with Crippen molar-refractivity contribution in [2.45, 2.75) is 50.3 Å². The number of nitrogens with zero attached hydrogens (tertiary/aromatic N) is 2. The van der Waals surface area contributed by atoms with Crippen LogP contribution in [-0.4, -0.2) is 30.8 Å². The Morgan fingerprint density at radius 3 is 2.26 bits per heavy atom. The van der Waals surface area contributed by atoms with Crippen LogP contribution in [0, 0.1) is 6.92 Å². The van der Waals surface area contributed by atoms with Gasteiger partial charge in [-0.1, -0.05) is 48.4 Å². The van der Waals surface area contributed by atoms with E-state index in [9.17, 15) is 8.42 Å². The number of benzene rings is 2. The van der Waals surface area contributed by atoms with Gasteiger partial charge in [0.05, 0.1) is 10.6 Å². The van der Waals surface area contributed by atoms with E-state index in [-0.39, 0.29) is 12.4 Å². The average molecular weight is 525 g/mol. The van der Waals surface area contributed by atoms with Gasteiger partial charge in [-0.05, 0) is 73.9 Å². The first-order chi connectivity index (χ1) is 16.5. The molecule has 0 amide bonds. The molecule has 182 valence electrons. The summed E-state index contributed by atoms with van der Waals surface area (Å²) in [6.07, 6.45) is 6.47. The first kappa shape index (κ1) is 24.4. The highest BCUT2D eigenvalue weighted by Crippen LogP contribution is 2.43. The second-order valence-electron chi connectivity index (χ2n) is 9.45. The lowest BCUT2D eigenvalue weighted by molar-refractivity contribution is 0.346. The summed E-state index contributed by atoms with van der Waals surface area (Å²) in [7, 11) is -3.43. The van der Waals surface area contributed by atoms with Gasteiger partial charge in [0, 0.05) is 28.9 Å². The minimum absolute atomic E-state index is 0. The number of aromatic nitrogens is 1. The van der Waals surface area contributed by atoms with Crippen LogP contribution in [0.2, 0.25) is 0 Å². The molecule has 2 aromatic heterocycles. The van der Waals surface area contributed by atoms with Gasteiger partial charge >= 0.3 is 0 Å². The molecular formula is C28H29ClN2O2S2. The number of aryl methyl sites for hydroxylation is 3. The molecule has 1 saturated heterocycles. The largest absolute Gasteiger partial charge is 0.243 e. The maximum Gasteiger partial charge on any atom is 0.243 e. The Bertz CT molecular complexity index is 1470. The van der Waals surface area contributed by atoms with E-state index in [0.29, 0.717) is 18.0 Å². The van der Waals surface area contributed by atoms with Gasteiger partial charge in [-0.3, -0.25) is 0 Å². The van der Waals surface area contributed by atoms with Crippen molar-refractivity contribution in [3.8, 4) is 22.4 Å². The molecule has 0 atom stereocenters. The molecule has 3 heterocycles. The molecule has 0 bridgehead atoms. The molecule has 0 spiro atoms. The van der Waals surface area contributed by atoms with Crippen LogP contribution in [0.4, 0.5) is 0 Å². The summed E-state index contributed by atoms with van der Waals surface area (Å²) in [5, 5.41) is 1.30. The van der Waals surface area contributed by atoms with Crippen molar-refractivity contribution in [3.63, 3.8) is 0 Å². The Labute approximate surface area is 217 Å². The highest BCUT2D eigenvalue weighted by atomic mass is 35.5. The Hall–Kier alpha value is -2.25. The van der Waals surface area contributed by atoms with E-state index < -0.39 is 10.0 Å².